The van der Waals surface area contributed by atoms with Crippen LogP contribution in [-0.4, -0.2) is 19.7 Å². The molecule has 2 aromatic heterocycles. The van der Waals surface area contributed by atoms with Crippen molar-refractivity contribution in [3.05, 3.63) is 28.8 Å². The van der Waals surface area contributed by atoms with E-state index < -0.39 is 0 Å². The summed E-state index contributed by atoms with van der Waals surface area (Å²) in [7, 11) is 1.95. The van der Waals surface area contributed by atoms with Crippen LogP contribution in [0.5, 0.6) is 0 Å². The molecule has 21 heavy (non-hydrogen) atoms. The lowest BCUT2D eigenvalue weighted by Gasteiger charge is -2.10. The molecule has 0 spiro atoms. The van der Waals surface area contributed by atoms with Crippen molar-refractivity contribution in [3.63, 3.8) is 0 Å². The summed E-state index contributed by atoms with van der Waals surface area (Å²) in [6, 6.07) is 1.81. The lowest BCUT2D eigenvalue weighted by atomic mass is 10.2. The Morgan fingerprint density at radius 2 is 1.95 bits per heavy atom. The van der Waals surface area contributed by atoms with Crippen LogP contribution in [0.2, 0.25) is 0 Å². The highest BCUT2D eigenvalue weighted by Gasteiger charge is 2.10. The third-order valence-electron chi connectivity index (χ3n) is 3.50. The smallest absolute Gasteiger partial charge is 0.145 e. The van der Waals surface area contributed by atoms with Gasteiger partial charge in [0.2, 0.25) is 0 Å². The maximum absolute atomic E-state index is 5.46. The van der Waals surface area contributed by atoms with Crippen LogP contribution in [-0.2, 0) is 20.0 Å². The molecule has 0 amide bonds. The first-order valence-electron chi connectivity index (χ1n) is 7.12. The van der Waals surface area contributed by atoms with E-state index in [2.05, 4.69) is 39.7 Å². The topological polar surface area (TPSA) is 93.7 Å². The summed E-state index contributed by atoms with van der Waals surface area (Å²) in [5.74, 6) is 7.64. The predicted octanol–water partition coefficient (Wildman–Crippen LogP) is 1.68. The lowest BCUT2D eigenvalue weighted by Crippen LogP contribution is -2.12. The van der Waals surface area contributed by atoms with E-state index in [4.69, 9.17) is 5.84 Å². The summed E-state index contributed by atoms with van der Waals surface area (Å²) in [6.07, 6.45) is 1.82. The second-order valence-electron chi connectivity index (χ2n) is 5.08. The molecule has 2 rings (SSSR count). The molecule has 7 heteroatoms. The number of nitrogens with two attached hydrogens (primary N) is 1. The van der Waals surface area contributed by atoms with Crippen LogP contribution in [0.4, 0.5) is 11.6 Å². The van der Waals surface area contributed by atoms with E-state index in [1.54, 1.807) is 6.07 Å². The van der Waals surface area contributed by atoms with Gasteiger partial charge in [0.25, 0.3) is 0 Å². The number of hydrogen-bond donors (Lipinski definition) is 3. The van der Waals surface area contributed by atoms with Crippen LogP contribution in [0, 0.1) is 13.8 Å². The highest BCUT2D eigenvalue weighted by Crippen LogP contribution is 2.16. The van der Waals surface area contributed by atoms with Gasteiger partial charge in [-0.2, -0.15) is 5.10 Å². The maximum Gasteiger partial charge on any atom is 0.145 e. The molecule has 0 saturated carbocycles. The number of nitrogens with zero attached hydrogens (tertiary/aromatic N) is 4. The first-order valence-corrected chi connectivity index (χ1v) is 7.12. The molecule has 0 aliphatic carbocycles. The molecule has 0 bridgehead atoms. The van der Waals surface area contributed by atoms with Crippen LogP contribution in [0.3, 0.4) is 0 Å². The first-order chi connectivity index (χ1) is 10.0. The van der Waals surface area contributed by atoms with Gasteiger partial charge in [-0.3, -0.25) is 4.68 Å². The highest BCUT2D eigenvalue weighted by molar-refractivity contribution is 5.47. The fourth-order valence-corrected chi connectivity index (χ4v) is 2.25. The molecule has 0 fully saturated rings. The average Bonchev–Trinajstić information content (AvgIpc) is 2.70. The van der Waals surface area contributed by atoms with E-state index in [1.807, 2.05) is 18.7 Å². The van der Waals surface area contributed by atoms with Crippen LogP contribution in [0.15, 0.2) is 6.07 Å². The van der Waals surface area contributed by atoms with E-state index in [9.17, 15) is 0 Å². The first kappa shape index (κ1) is 15.2. The zero-order valence-corrected chi connectivity index (χ0v) is 13.1. The normalized spacial score (nSPS) is 10.7. The Kier molecular flexibility index (Phi) is 4.74. The van der Waals surface area contributed by atoms with Crippen molar-refractivity contribution < 1.29 is 0 Å². The summed E-state index contributed by atoms with van der Waals surface area (Å²) in [5.41, 5.74) is 5.96. The monoisotopic (exact) mass is 289 g/mol. The molecule has 114 valence electrons. The highest BCUT2D eigenvalue weighted by atomic mass is 15.3. The molecule has 0 radical (unpaired) electrons. The fraction of sp³-hybridized carbons (Fsp3) is 0.500. The van der Waals surface area contributed by atoms with Gasteiger partial charge in [0.05, 0.1) is 5.69 Å². The van der Waals surface area contributed by atoms with Gasteiger partial charge in [0, 0.05) is 37.3 Å². The van der Waals surface area contributed by atoms with E-state index in [0.29, 0.717) is 12.4 Å². The van der Waals surface area contributed by atoms with Crippen molar-refractivity contribution in [1.29, 1.82) is 0 Å². The summed E-state index contributed by atoms with van der Waals surface area (Å²) >= 11 is 0. The van der Waals surface area contributed by atoms with Crippen molar-refractivity contribution in [2.75, 3.05) is 10.7 Å². The van der Waals surface area contributed by atoms with Crippen LogP contribution >= 0.6 is 0 Å². The van der Waals surface area contributed by atoms with Crippen molar-refractivity contribution >= 4 is 11.6 Å². The van der Waals surface area contributed by atoms with Gasteiger partial charge < -0.3 is 10.7 Å². The predicted molar refractivity (Wildman–Crippen MR) is 83.8 cm³/mol. The number of nitrogen functional groups attached to an aromatic ring is 1. The Balaban J connectivity index is 2.17. The molecular weight excluding hydrogens is 266 g/mol. The molecule has 2 aromatic rings. The summed E-state index contributed by atoms with van der Waals surface area (Å²) in [5, 5.41) is 7.74. The lowest BCUT2D eigenvalue weighted by molar-refractivity contribution is 0.730. The second kappa shape index (κ2) is 6.53. The summed E-state index contributed by atoms with van der Waals surface area (Å²) in [4.78, 5) is 8.84. The third kappa shape index (κ3) is 3.49. The zero-order chi connectivity index (χ0) is 15.4. The number of hydrogen-bond acceptors (Lipinski definition) is 6. The van der Waals surface area contributed by atoms with E-state index in [0.717, 1.165) is 35.9 Å². The maximum atomic E-state index is 5.46. The summed E-state index contributed by atoms with van der Waals surface area (Å²) < 4.78 is 1.89. The molecule has 0 aliphatic rings. The van der Waals surface area contributed by atoms with Gasteiger partial charge in [-0.05, 0) is 20.3 Å². The number of anilines is 2. The molecule has 0 aromatic carbocycles. The van der Waals surface area contributed by atoms with Gasteiger partial charge in [-0.15, -0.1) is 0 Å². The number of aryl methyl sites for hydroxylation is 3. The second-order valence-corrected chi connectivity index (χ2v) is 5.08. The van der Waals surface area contributed by atoms with Gasteiger partial charge in [-0.1, -0.05) is 6.92 Å². The molecule has 2 heterocycles. The number of rotatable bonds is 6. The number of aromatic nitrogens is 4. The standard InChI is InChI=1S/C14H23N7/c1-5-6-12-17-13(7-14(18-12)19-15)16-8-11-9(2)20-21(4)10(11)3/h7H,5-6,8,15H2,1-4H3,(H2,16,17,18,19). The third-order valence-corrected chi connectivity index (χ3v) is 3.50. The minimum atomic E-state index is 0.621. The van der Waals surface area contributed by atoms with Gasteiger partial charge in [0.15, 0.2) is 0 Å². The van der Waals surface area contributed by atoms with Crippen molar-refractivity contribution in [1.82, 2.24) is 19.7 Å². The Hall–Kier alpha value is -2.15. The van der Waals surface area contributed by atoms with Crippen LogP contribution in [0.1, 0.15) is 36.1 Å². The Bertz CT molecular complexity index is 618. The quantitative estimate of drug-likeness (QED) is 0.553. The zero-order valence-electron chi connectivity index (χ0n) is 13.1. The van der Waals surface area contributed by atoms with Crippen LogP contribution < -0.4 is 16.6 Å². The SMILES string of the molecule is CCCc1nc(NN)cc(NCc2c(C)nn(C)c2C)n1. The molecule has 7 nitrogen and oxygen atoms in total. The fourth-order valence-electron chi connectivity index (χ4n) is 2.25. The molecule has 4 N–H and O–H groups in total. The van der Waals surface area contributed by atoms with Gasteiger partial charge in [0.1, 0.15) is 17.5 Å². The van der Waals surface area contributed by atoms with Crippen molar-refractivity contribution in [3.8, 4) is 0 Å². The van der Waals surface area contributed by atoms with E-state index in [-0.39, 0.29) is 0 Å². The Morgan fingerprint density at radius 3 is 2.52 bits per heavy atom. The Labute approximate surface area is 124 Å². The molecule has 0 saturated heterocycles. The van der Waals surface area contributed by atoms with E-state index >= 15 is 0 Å². The Morgan fingerprint density at radius 1 is 1.24 bits per heavy atom. The number of nitrogens with one attached hydrogen (secondary N) is 2. The van der Waals surface area contributed by atoms with Crippen molar-refractivity contribution in [2.45, 2.75) is 40.2 Å². The van der Waals surface area contributed by atoms with Gasteiger partial charge >= 0.3 is 0 Å². The molecule has 0 atom stereocenters. The average molecular weight is 289 g/mol. The molecule has 0 aliphatic heterocycles. The van der Waals surface area contributed by atoms with E-state index in [1.165, 1.54) is 5.56 Å². The minimum absolute atomic E-state index is 0.621. The minimum Gasteiger partial charge on any atom is -0.366 e. The van der Waals surface area contributed by atoms with Crippen molar-refractivity contribution in [2.24, 2.45) is 12.9 Å². The van der Waals surface area contributed by atoms with Gasteiger partial charge in [-0.25, -0.2) is 15.8 Å². The molecular formula is C14H23N7. The molecule has 0 unspecified atom stereocenters. The largest absolute Gasteiger partial charge is 0.366 e. The summed E-state index contributed by atoms with van der Waals surface area (Å²) in [6.45, 7) is 6.85. The van der Waals surface area contributed by atoms with Crippen LogP contribution in [0.25, 0.3) is 0 Å². The number of hydrazine groups is 1.